The van der Waals surface area contributed by atoms with Crippen molar-refractivity contribution in [2.75, 3.05) is 13.1 Å². The average Bonchev–Trinajstić information content (AvgIpc) is 3.08. The van der Waals surface area contributed by atoms with Gasteiger partial charge >= 0.3 is 0 Å². The number of aromatic amines is 1. The molecule has 0 aromatic carbocycles. The number of H-pyrrole nitrogens is 1. The Kier molecular flexibility index (Phi) is 6.57. The van der Waals surface area contributed by atoms with Crippen molar-refractivity contribution in [3.63, 3.8) is 0 Å². The van der Waals surface area contributed by atoms with Gasteiger partial charge in [-0.1, -0.05) is 44.9 Å². The van der Waals surface area contributed by atoms with Crippen molar-refractivity contribution in [1.29, 1.82) is 0 Å². The highest BCUT2D eigenvalue weighted by atomic mass is 16.2. The summed E-state index contributed by atoms with van der Waals surface area (Å²) >= 11 is 0. The van der Waals surface area contributed by atoms with E-state index in [-0.39, 0.29) is 11.9 Å². The summed E-state index contributed by atoms with van der Waals surface area (Å²) in [6.45, 7) is 2.14. The molecule has 0 spiro atoms. The predicted molar refractivity (Wildman–Crippen MR) is 111 cm³/mol. The standard InChI is InChI=1S/C22H33N5O/c28-22(21-25-19-13-9-14-23-20(19)26-21)24-17-10-5-4-8-15-27(16-17)18-11-6-2-1-3-7-12-18/h9,13-14,17-18H,1-8,10-12,15-16H2,(H,24,28)(H,23,25,26)/t17-/m1/s1. The van der Waals surface area contributed by atoms with Gasteiger partial charge in [0, 0.05) is 24.8 Å². The summed E-state index contributed by atoms with van der Waals surface area (Å²) in [6.07, 6.45) is 16.0. The zero-order chi connectivity index (χ0) is 19.2. The van der Waals surface area contributed by atoms with Crippen LogP contribution in [0, 0.1) is 0 Å². The Morgan fingerprint density at radius 1 is 1.04 bits per heavy atom. The van der Waals surface area contributed by atoms with Gasteiger partial charge < -0.3 is 10.3 Å². The predicted octanol–water partition coefficient (Wildman–Crippen LogP) is 4.05. The highest BCUT2D eigenvalue weighted by molar-refractivity contribution is 5.93. The molecule has 1 atom stereocenters. The Balaban J connectivity index is 1.41. The molecule has 1 aliphatic heterocycles. The minimum Gasteiger partial charge on any atom is -0.345 e. The molecule has 152 valence electrons. The second-order valence-electron chi connectivity index (χ2n) is 8.47. The lowest BCUT2D eigenvalue weighted by Crippen LogP contribution is -2.48. The third-order valence-electron chi connectivity index (χ3n) is 6.35. The van der Waals surface area contributed by atoms with Gasteiger partial charge in [-0.3, -0.25) is 9.69 Å². The minimum atomic E-state index is -0.110. The molecule has 3 heterocycles. The number of imidazole rings is 1. The van der Waals surface area contributed by atoms with Crippen molar-refractivity contribution in [1.82, 2.24) is 25.2 Å². The first-order valence-electron chi connectivity index (χ1n) is 11.2. The van der Waals surface area contributed by atoms with Gasteiger partial charge in [0.1, 0.15) is 0 Å². The van der Waals surface area contributed by atoms with Gasteiger partial charge in [-0.2, -0.15) is 0 Å². The van der Waals surface area contributed by atoms with E-state index in [4.69, 9.17) is 0 Å². The fourth-order valence-electron chi connectivity index (χ4n) is 4.80. The zero-order valence-electron chi connectivity index (χ0n) is 16.8. The van der Waals surface area contributed by atoms with Crippen molar-refractivity contribution in [3.8, 4) is 0 Å². The number of hydrogen-bond acceptors (Lipinski definition) is 4. The first-order chi connectivity index (χ1) is 13.8. The summed E-state index contributed by atoms with van der Waals surface area (Å²) < 4.78 is 0. The van der Waals surface area contributed by atoms with E-state index >= 15 is 0 Å². The highest BCUT2D eigenvalue weighted by Crippen LogP contribution is 2.24. The van der Waals surface area contributed by atoms with Crippen LogP contribution >= 0.6 is 0 Å². The van der Waals surface area contributed by atoms with Gasteiger partial charge in [-0.25, -0.2) is 9.97 Å². The maximum absolute atomic E-state index is 12.8. The fraction of sp³-hybridized carbons (Fsp3) is 0.682. The van der Waals surface area contributed by atoms with E-state index in [1.54, 1.807) is 6.20 Å². The molecular formula is C22H33N5O. The Labute approximate surface area is 167 Å². The lowest BCUT2D eigenvalue weighted by Gasteiger charge is -2.37. The number of amides is 1. The lowest BCUT2D eigenvalue weighted by atomic mass is 9.94. The first-order valence-corrected chi connectivity index (χ1v) is 11.2. The van der Waals surface area contributed by atoms with E-state index in [1.807, 2.05) is 12.1 Å². The lowest BCUT2D eigenvalue weighted by molar-refractivity contribution is 0.0878. The van der Waals surface area contributed by atoms with E-state index in [2.05, 4.69) is 25.2 Å². The third-order valence-corrected chi connectivity index (χ3v) is 6.35. The van der Waals surface area contributed by atoms with Crippen molar-refractivity contribution in [3.05, 3.63) is 24.2 Å². The summed E-state index contributed by atoms with van der Waals surface area (Å²) in [7, 11) is 0. The van der Waals surface area contributed by atoms with Crippen LogP contribution in [-0.2, 0) is 0 Å². The van der Waals surface area contributed by atoms with E-state index in [9.17, 15) is 4.79 Å². The largest absolute Gasteiger partial charge is 0.345 e. The first kappa shape index (κ1) is 19.4. The SMILES string of the molecule is O=C(N[C@@H]1CCCCCN(C2CCCCCCC2)C1)c1nc2ncccc2[nH]1. The fourth-order valence-corrected chi connectivity index (χ4v) is 4.80. The third kappa shape index (κ3) is 4.90. The van der Waals surface area contributed by atoms with Gasteiger partial charge in [-0.15, -0.1) is 0 Å². The number of aromatic nitrogens is 3. The van der Waals surface area contributed by atoms with Crippen molar-refractivity contribution in [2.24, 2.45) is 0 Å². The van der Waals surface area contributed by atoms with Gasteiger partial charge in [0.25, 0.3) is 5.91 Å². The number of nitrogens with one attached hydrogen (secondary N) is 2. The maximum atomic E-state index is 12.8. The molecule has 1 saturated heterocycles. The van der Waals surface area contributed by atoms with E-state index in [1.165, 1.54) is 70.8 Å². The Bertz CT molecular complexity index is 732. The molecule has 0 unspecified atom stereocenters. The van der Waals surface area contributed by atoms with Crippen LogP contribution < -0.4 is 5.32 Å². The molecule has 2 aromatic heterocycles. The molecule has 1 saturated carbocycles. The molecule has 2 N–H and O–H groups in total. The monoisotopic (exact) mass is 383 g/mol. The summed E-state index contributed by atoms with van der Waals surface area (Å²) in [4.78, 5) is 27.2. The summed E-state index contributed by atoms with van der Waals surface area (Å²) in [5, 5.41) is 3.26. The molecule has 2 aliphatic rings. The van der Waals surface area contributed by atoms with Crippen molar-refractivity contribution >= 4 is 17.1 Å². The van der Waals surface area contributed by atoms with Crippen LogP contribution in [0.1, 0.15) is 81.2 Å². The number of pyridine rings is 1. The number of likely N-dealkylation sites (tertiary alicyclic amines) is 1. The van der Waals surface area contributed by atoms with Crippen LogP contribution in [0.15, 0.2) is 18.3 Å². The summed E-state index contributed by atoms with van der Waals surface area (Å²) in [6, 6.07) is 4.63. The number of hydrogen-bond donors (Lipinski definition) is 2. The van der Waals surface area contributed by atoms with Gasteiger partial charge in [-0.05, 0) is 44.4 Å². The molecule has 2 aromatic rings. The van der Waals surface area contributed by atoms with Crippen LogP contribution in [0.25, 0.3) is 11.2 Å². The van der Waals surface area contributed by atoms with Gasteiger partial charge in [0.15, 0.2) is 11.5 Å². The molecule has 0 radical (unpaired) electrons. The molecule has 2 fully saturated rings. The smallest absolute Gasteiger partial charge is 0.287 e. The number of rotatable bonds is 3. The van der Waals surface area contributed by atoms with Crippen LogP contribution in [0.3, 0.4) is 0 Å². The molecule has 4 rings (SSSR count). The number of carbonyl (C=O) groups excluding carboxylic acids is 1. The van der Waals surface area contributed by atoms with Crippen LogP contribution in [-0.4, -0.2) is 50.9 Å². The maximum Gasteiger partial charge on any atom is 0.287 e. The van der Waals surface area contributed by atoms with Crippen LogP contribution in [0.5, 0.6) is 0 Å². The number of fused-ring (bicyclic) bond motifs is 1. The van der Waals surface area contributed by atoms with Crippen molar-refractivity contribution in [2.45, 2.75) is 82.7 Å². The zero-order valence-corrected chi connectivity index (χ0v) is 16.8. The second-order valence-corrected chi connectivity index (χ2v) is 8.47. The quantitative estimate of drug-likeness (QED) is 0.839. The molecule has 6 nitrogen and oxygen atoms in total. The average molecular weight is 384 g/mol. The van der Waals surface area contributed by atoms with E-state index in [0.717, 1.165) is 18.5 Å². The molecular weight excluding hydrogens is 350 g/mol. The molecule has 1 aliphatic carbocycles. The Hall–Kier alpha value is -1.95. The second kappa shape index (κ2) is 9.50. The minimum absolute atomic E-state index is 0.110. The summed E-state index contributed by atoms with van der Waals surface area (Å²) in [5.74, 6) is 0.259. The Morgan fingerprint density at radius 3 is 2.61 bits per heavy atom. The topological polar surface area (TPSA) is 73.9 Å². The normalized spacial score (nSPS) is 23.5. The number of carbonyl (C=O) groups is 1. The molecule has 0 bridgehead atoms. The van der Waals surface area contributed by atoms with Gasteiger partial charge in [0.05, 0.1) is 5.52 Å². The van der Waals surface area contributed by atoms with E-state index in [0.29, 0.717) is 17.5 Å². The molecule has 1 amide bonds. The highest BCUT2D eigenvalue weighted by Gasteiger charge is 2.25. The molecule has 28 heavy (non-hydrogen) atoms. The number of nitrogens with zero attached hydrogens (tertiary/aromatic N) is 3. The van der Waals surface area contributed by atoms with Gasteiger partial charge in [0.2, 0.25) is 0 Å². The van der Waals surface area contributed by atoms with Crippen molar-refractivity contribution < 1.29 is 4.79 Å². The van der Waals surface area contributed by atoms with E-state index < -0.39 is 0 Å². The summed E-state index contributed by atoms with van der Waals surface area (Å²) in [5.41, 5.74) is 1.41. The van der Waals surface area contributed by atoms with Crippen LogP contribution in [0.4, 0.5) is 0 Å². The van der Waals surface area contributed by atoms with Crippen LogP contribution in [0.2, 0.25) is 0 Å². The Morgan fingerprint density at radius 2 is 1.79 bits per heavy atom. The molecule has 6 heteroatoms.